The predicted octanol–water partition coefficient (Wildman–Crippen LogP) is 1.84. The summed E-state index contributed by atoms with van der Waals surface area (Å²) in [7, 11) is 0. The Kier molecular flexibility index (Phi) is 4.73. The molecule has 0 aromatic heterocycles. The minimum absolute atomic E-state index is 0.143. The number of hydrogen-bond acceptors (Lipinski definition) is 3. The molecule has 0 aliphatic heterocycles. The zero-order valence-corrected chi connectivity index (χ0v) is 9.40. The average molecular weight is 220 g/mol. The van der Waals surface area contributed by atoms with E-state index in [2.05, 4.69) is 6.58 Å². The molecule has 0 fully saturated rings. The summed E-state index contributed by atoms with van der Waals surface area (Å²) in [6.45, 7) is 5.52. The first kappa shape index (κ1) is 12.5. The number of hydrogen-bond donors (Lipinski definition) is 1. The molecule has 0 heterocycles. The molecule has 0 saturated carbocycles. The van der Waals surface area contributed by atoms with E-state index in [4.69, 9.17) is 9.84 Å². The van der Waals surface area contributed by atoms with E-state index in [1.54, 1.807) is 6.92 Å². The highest BCUT2D eigenvalue weighted by Gasteiger charge is 2.03. The van der Waals surface area contributed by atoms with E-state index >= 15 is 0 Å². The van der Waals surface area contributed by atoms with Crippen molar-refractivity contribution < 1.29 is 14.6 Å². The van der Waals surface area contributed by atoms with Crippen LogP contribution in [0.5, 0.6) is 0 Å². The maximum atomic E-state index is 11.1. The van der Waals surface area contributed by atoms with Crippen molar-refractivity contribution in [3.8, 4) is 0 Å². The molecule has 0 bridgehead atoms. The van der Waals surface area contributed by atoms with E-state index in [0.717, 1.165) is 11.1 Å². The van der Waals surface area contributed by atoms with Gasteiger partial charge in [-0.2, -0.15) is 0 Å². The number of aliphatic hydroxyl groups is 1. The highest BCUT2D eigenvalue weighted by molar-refractivity contribution is 5.86. The fourth-order valence-electron chi connectivity index (χ4n) is 1.20. The first-order valence-corrected chi connectivity index (χ1v) is 5.15. The lowest BCUT2D eigenvalue weighted by molar-refractivity contribution is -0.140. The van der Waals surface area contributed by atoms with E-state index in [0.29, 0.717) is 12.0 Å². The van der Waals surface area contributed by atoms with Gasteiger partial charge in [0.1, 0.15) is 6.61 Å². The van der Waals surface area contributed by atoms with Crippen LogP contribution in [0.3, 0.4) is 0 Å². The number of benzene rings is 1. The third-order valence-corrected chi connectivity index (χ3v) is 2.14. The number of ether oxygens (including phenoxy) is 1. The molecule has 1 aromatic carbocycles. The number of carbonyl (C=O) groups is 1. The number of rotatable bonds is 5. The highest BCUT2D eigenvalue weighted by Crippen LogP contribution is 2.07. The Morgan fingerprint density at radius 3 is 2.38 bits per heavy atom. The standard InChI is InChI=1S/C13H16O3/c1-10(2)13(15)16-9-12-5-3-11(4-6-12)7-8-14/h3-6,14H,1,7-9H2,2H3. The van der Waals surface area contributed by atoms with Crippen LogP contribution in [0.4, 0.5) is 0 Å². The Labute approximate surface area is 95.4 Å². The lowest BCUT2D eigenvalue weighted by Crippen LogP contribution is -2.04. The Morgan fingerprint density at radius 1 is 1.31 bits per heavy atom. The predicted molar refractivity (Wildman–Crippen MR) is 61.8 cm³/mol. The maximum Gasteiger partial charge on any atom is 0.333 e. The van der Waals surface area contributed by atoms with E-state index < -0.39 is 0 Å². The average Bonchev–Trinajstić information content (AvgIpc) is 2.28. The van der Waals surface area contributed by atoms with Gasteiger partial charge >= 0.3 is 5.97 Å². The Bertz CT molecular complexity index is 365. The van der Waals surface area contributed by atoms with E-state index in [9.17, 15) is 4.79 Å². The van der Waals surface area contributed by atoms with Gasteiger partial charge in [0.2, 0.25) is 0 Å². The summed E-state index contributed by atoms with van der Waals surface area (Å²) in [6, 6.07) is 7.60. The van der Waals surface area contributed by atoms with Gasteiger partial charge in [-0.05, 0) is 24.5 Å². The molecule has 1 aromatic rings. The van der Waals surface area contributed by atoms with Crippen LogP contribution in [0, 0.1) is 0 Å². The molecule has 3 nitrogen and oxygen atoms in total. The zero-order valence-electron chi connectivity index (χ0n) is 9.40. The Morgan fingerprint density at radius 2 is 1.88 bits per heavy atom. The molecule has 86 valence electrons. The second-order valence-electron chi connectivity index (χ2n) is 3.65. The largest absolute Gasteiger partial charge is 0.457 e. The molecule has 0 aliphatic rings. The molecule has 0 amide bonds. The van der Waals surface area contributed by atoms with Gasteiger partial charge in [0.15, 0.2) is 0 Å². The van der Waals surface area contributed by atoms with Crippen LogP contribution in [0.25, 0.3) is 0 Å². The monoisotopic (exact) mass is 220 g/mol. The van der Waals surface area contributed by atoms with Gasteiger partial charge in [0, 0.05) is 12.2 Å². The van der Waals surface area contributed by atoms with E-state index in [1.807, 2.05) is 24.3 Å². The Balaban J connectivity index is 2.49. The topological polar surface area (TPSA) is 46.5 Å². The molecule has 1 N–H and O–H groups in total. The first-order chi connectivity index (χ1) is 7.63. The second kappa shape index (κ2) is 6.08. The van der Waals surface area contributed by atoms with Crippen molar-refractivity contribution in [3.63, 3.8) is 0 Å². The van der Waals surface area contributed by atoms with Crippen molar-refractivity contribution in [1.29, 1.82) is 0 Å². The van der Waals surface area contributed by atoms with Crippen molar-refractivity contribution in [2.45, 2.75) is 20.0 Å². The molecule has 0 spiro atoms. The minimum Gasteiger partial charge on any atom is -0.457 e. The van der Waals surface area contributed by atoms with Crippen LogP contribution in [-0.2, 0) is 22.6 Å². The van der Waals surface area contributed by atoms with Crippen molar-refractivity contribution in [2.24, 2.45) is 0 Å². The third kappa shape index (κ3) is 3.87. The summed E-state index contributed by atoms with van der Waals surface area (Å²) in [4.78, 5) is 11.1. The smallest absolute Gasteiger partial charge is 0.333 e. The molecular formula is C13H16O3. The van der Waals surface area contributed by atoms with Crippen molar-refractivity contribution in [2.75, 3.05) is 6.61 Å². The number of esters is 1. The van der Waals surface area contributed by atoms with Crippen LogP contribution in [0.15, 0.2) is 36.4 Å². The first-order valence-electron chi connectivity index (χ1n) is 5.15. The molecule has 3 heteroatoms. The lowest BCUT2D eigenvalue weighted by atomic mass is 10.1. The Hall–Kier alpha value is -1.61. The summed E-state index contributed by atoms with van der Waals surface area (Å²) < 4.78 is 5.00. The molecule has 0 saturated heterocycles. The van der Waals surface area contributed by atoms with Gasteiger partial charge in [0.05, 0.1) is 0 Å². The van der Waals surface area contributed by atoms with Crippen molar-refractivity contribution in [1.82, 2.24) is 0 Å². The zero-order chi connectivity index (χ0) is 12.0. The van der Waals surface area contributed by atoms with E-state index in [-0.39, 0.29) is 19.2 Å². The van der Waals surface area contributed by atoms with Crippen LogP contribution in [0.1, 0.15) is 18.1 Å². The molecule has 0 radical (unpaired) electrons. The number of carbonyl (C=O) groups excluding carboxylic acids is 1. The fourth-order valence-corrected chi connectivity index (χ4v) is 1.20. The second-order valence-corrected chi connectivity index (χ2v) is 3.65. The molecule has 16 heavy (non-hydrogen) atoms. The molecular weight excluding hydrogens is 204 g/mol. The van der Waals surface area contributed by atoms with Gasteiger partial charge in [-0.1, -0.05) is 30.8 Å². The summed E-state index contributed by atoms with van der Waals surface area (Å²) in [5, 5.41) is 8.75. The van der Waals surface area contributed by atoms with Crippen LogP contribution >= 0.6 is 0 Å². The van der Waals surface area contributed by atoms with Gasteiger partial charge in [0.25, 0.3) is 0 Å². The highest BCUT2D eigenvalue weighted by atomic mass is 16.5. The van der Waals surface area contributed by atoms with Crippen LogP contribution in [0.2, 0.25) is 0 Å². The lowest BCUT2D eigenvalue weighted by Gasteiger charge is -2.05. The summed E-state index contributed by atoms with van der Waals surface area (Å²) in [6.07, 6.45) is 0.645. The molecule has 0 aliphatic carbocycles. The SMILES string of the molecule is C=C(C)C(=O)OCc1ccc(CCO)cc1. The van der Waals surface area contributed by atoms with Gasteiger partial charge in [-0.15, -0.1) is 0 Å². The summed E-state index contributed by atoms with van der Waals surface area (Å²) >= 11 is 0. The molecule has 1 rings (SSSR count). The summed E-state index contributed by atoms with van der Waals surface area (Å²) in [5.74, 6) is -0.376. The third-order valence-electron chi connectivity index (χ3n) is 2.14. The van der Waals surface area contributed by atoms with Crippen LogP contribution < -0.4 is 0 Å². The fraction of sp³-hybridized carbons (Fsp3) is 0.308. The maximum absolute atomic E-state index is 11.1. The van der Waals surface area contributed by atoms with E-state index in [1.165, 1.54) is 0 Å². The van der Waals surface area contributed by atoms with Crippen molar-refractivity contribution >= 4 is 5.97 Å². The van der Waals surface area contributed by atoms with Gasteiger partial charge in [-0.3, -0.25) is 0 Å². The van der Waals surface area contributed by atoms with Gasteiger partial charge < -0.3 is 9.84 Å². The quantitative estimate of drug-likeness (QED) is 0.608. The summed E-state index contributed by atoms with van der Waals surface area (Å²) in [5.41, 5.74) is 2.39. The molecule has 0 unspecified atom stereocenters. The van der Waals surface area contributed by atoms with Crippen LogP contribution in [-0.4, -0.2) is 17.7 Å². The van der Waals surface area contributed by atoms with Gasteiger partial charge in [-0.25, -0.2) is 4.79 Å². The normalized spacial score (nSPS) is 9.88. The van der Waals surface area contributed by atoms with Crippen molar-refractivity contribution in [3.05, 3.63) is 47.5 Å². The molecule has 0 atom stereocenters. The number of aliphatic hydroxyl groups excluding tert-OH is 1. The minimum atomic E-state index is -0.376.